The van der Waals surface area contributed by atoms with Crippen LogP contribution in [-0.2, 0) is 14.3 Å². The van der Waals surface area contributed by atoms with Crippen molar-refractivity contribution < 1.29 is 19.1 Å². The van der Waals surface area contributed by atoms with E-state index in [9.17, 15) is 14.4 Å². The number of hydrogen-bond acceptors (Lipinski definition) is 9. The molecule has 0 spiro atoms. The molecule has 0 aliphatic carbocycles. The monoisotopic (exact) mass is 706 g/mol. The van der Waals surface area contributed by atoms with Crippen LogP contribution in [-0.4, -0.2) is 89.9 Å². The number of nitrogens with two attached hydrogens (primary N) is 1. The number of imidazole rings is 2. The highest BCUT2D eigenvalue weighted by Gasteiger charge is 2.38. The lowest BCUT2D eigenvalue weighted by atomic mass is 10.0. The molecule has 0 bridgehead atoms. The normalized spacial score (nSPS) is 18.8. The van der Waals surface area contributed by atoms with Crippen molar-refractivity contribution in [3.05, 3.63) is 60.4 Å². The van der Waals surface area contributed by atoms with E-state index in [1.54, 1.807) is 17.3 Å². The summed E-state index contributed by atoms with van der Waals surface area (Å²) in [6, 6.07) is 10.3. The molecule has 0 saturated carbocycles. The van der Waals surface area contributed by atoms with Gasteiger partial charge in [0.2, 0.25) is 11.8 Å². The van der Waals surface area contributed by atoms with Crippen LogP contribution in [0.2, 0.25) is 0 Å². The summed E-state index contributed by atoms with van der Waals surface area (Å²) in [6.07, 6.45) is 6.26. The first kappa shape index (κ1) is 35.1. The molecule has 2 aliphatic rings. The van der Waals surface area contributed by atoms with E-state index in [2.05, 4.69) is 15.3 Å². The second-order valence-corrected chi connectivity index (χ2v) is 14.5. The Kier molecular flexibility index (Phi) is 9.66. The fourth-order valence-corrected chi connectivity index (χ4v) is 7.30. The fourth-order valence-electron chi connectivity index (χ4n) is 7.30. The number of carbonyl (C=O) groups excluding carboxylic acids is 3. The van der Waals surface area contributed by atoms with Crippen molar-refractivity contribution in [2.75, 3.05) is 20.2 Å². The number of H-pyrrole nitrogens is 2. The largest absolute Gasteiger partial charge is 0.453 e. The summed E-state index contributed by atoms with van der Waals surface area (Å²) in [7, 11) is 1.29. The minimum Gasteiger partial charge on any atom is -0.453 e. The van der Waals surface area contributed by atoms with Crippen LogP contribution in [0.4, 0.5) is 4.79 Å². The average Bonchev–Trinajstić information content (AvgIpc) is 3.97. The Bertz CT molecular complexity index is 2110. The van der Waals surface area contributed by atoms with Crippen LogP contribution in [0, 0.1) is 11.8 Å². The summed E-state index contributed by atoms with van der Waals surface area (Å²) in [6.45, 7) is 8.99. The van der Waals surface area contributed by atoms with Crippen LogP contribution >= 0.6 is 0 Å². The van der Waals surface area contributed by atoms with Crippen molar-refractivity contribution in [2.45, 2.75) is 77.5 Å². The summed E-state index contributed by atoms with van der Waals surface area (Å²) in [5.41, 5.74) is 12.7. The van der Waals surface area contributed by atoms with Crippen molar-refractivity contribution in [3.63, 3.8) is 0 Å². The number of methoxy groups -OCH3 is 1. The van der Waals surface area contributed by atoms with E-state index in [0.29, 0.717) is 24.6 Å². The first-order chi connectivity index (χ1) is 25.0. The lowest BCUT2D eigenvalue weighted by Crippen LogP contribution is -2.51. The third kappa shape index (κ3) is 6.70. The molecule has 3 aromatic heterocycles. The minimum absolute atomic E-state index is 0.0280. The highest BCUT2D eigenvalue weighted by molar-refractivity contribution is 5.87. The van der Waals surface area contributed by atoms with Crippen molar-refractivity contribution in [2.24, 2.45) is 17.6 Å². The minimum atomic E-state index is -0.696. The van der Waals surface area contributed by atoms with Gasteiger partial charge >= 0.3 is 6.09 Å². The van der Waals surface area contributed by atoms with Crippen LogP contribution in [0.15, 0.2) is 48.8 Å². The van der Waals surface area contributed by atoms with E-state index in [-0.39, 0.29) is 35.7 Å². The number of nitrogens with zero attached hydrogens (tertiary/aromatic N) is 6. The van der Waals surface area contributed by atoms with Crippen molar-refractivity contribution in [1.82, 2.24) is 45.0 Å². The zero-order valence-corrected chi connectivity index (χ0v) is 30.2. The smallest absolute Gasteiger partial charge is 0.407 e. The molecule has 2 aromatic carbocycles. The van der Waals surface area contributed by atoms with Crippen molar-refractivity contribution in [3.8, 4) is 22.5 Å². The molecule has 5 N–H and O–H groups in total. The third-order valence-electron chi connectivity index (χ3n) is 10.3. The van der Waals surface area contributed by atoms with Gasteiger partial charge in [-0.1, -0.05) is 39.8 Å². The number of alkyl carbamates (subject to hydrolysis) is 1. The van der Waals surface area contributed by atoms with Gasteiger partial charge in [-0.15, -0.1) is 0 Å². The van der Waals surface area contributed by atoms with Crippen LogP contribution < -0.4 is 11.1 Å². The first-order valence-electron chi connectivity index (χ1n) is 18.1. The van der Waals surface area contributed by atoms with Crippen molar-refractivity contribution in [1.29, 1.82) is 0 Å². The van der Waals surface area contributed by atoms with E-state index in [4.69, 9.17) is 30.4 Å². The Morgan fingerprint density at radius 2 is 1.29 bits per heavy atom. The summed E-state index contributed by atoms with van der Waals surface area (Å²) in [5, 5.41) is 2.70. The molecule has 0 unspecified atom stereocenters. The molecule has 7 rings (SSSR count). The number of rotatable bonds is 9. The summed E-state index contributed by atoms with van der Waals surface area (Å²) >= 11 is 0. The quantitative estimate of drug-likeness (QED) is 0.159. The van der Waals surface area contributed by atoms with Gasteiger partial charge in [-0.05, 0) is 61.8 Å². The Balaban J connectivity index is 1.07. The maximum Gasteiger partial charge on any atom is 0.407 e. The molecule has 0 radical (unpaired) electrons. The first-order valence-corrected chi connectivity index (χ1v) is 18.1. The second kappa shape index (κ2) is 14.3. The lowest BCUT2D eigenvalue weighted by Gasteiger charge is -2.29. The molecule has 5 aromatic rings. The number of likely N-dealkylation sites (tertiary alicyclic amines) is 2. The van der Waals surface area contributed by atoms with E-state index >= 15 is 0 Å². The molecule has 2 fully saturated rings. The van der Waals surface area contributed by atoms with Crippen LogP contribution in [0.25, 0.3) is 44.6 Å². The number of carbonyl (C=O) groups is 3. The molecule has 5 heterocycles. The molecule has 272 valence electrons. The summed E-state index contributed by atoms with van der Waals surface area (Å²) in [5.74, 6) is 1.26. The Labute approximate surface area is 302 Å². The van der Waals surface area contributed by atoms with Crippen LogP contribution in [0.1, 0.15) is 77.1 Å². The number of aromatic amines is 2. The van der Waals surface area contributed by atoms with Gasteiger partial charge in [0, 0.05) is 24.2 Å². The molecule has 2 saturated heterocycles. The zero-order valence-electron chi connectivity index (χ0n) is 30.2. The van der Waals surface area contributed by atoms with E-state index in [1.807, 2.05) is 69.0 Å². The average molecular weight is 707 g/mol. The van der Waals surface area contributed by atoms with Gasteiger partial charge in [0.15, 0.2) is 0 Å². The molecule has 14 nitrogen and oxygen atoms in total. The molecular formula is C38H46N10O4. The van der Waals surface area contributed by atoms with Crippen LogP contribution in [0.5, 0.6) is 0 Å². The van der Waals surface area contributed by atoms with E-state index < -0.39 is 18.2 Å². The molecule has 3 amide bonds. The number of aromatic nitrogens is 6. The zero-order chi connectivity index (χ0) is 36.7. The van der Waals surface area contributed by atoms with E-state index in [0.717, 1.165) is 70.4 Å². The number of hydrogen-bond donors (Lipinski definition) is 4. The van der Waals surface area contributed by atoms with Crippen LogP contribution in [0.3, 0.4) is 0 Å². The lowest BCUT2D eigenvalue weighted by molar-refractivity contribution is -0.136. The van der Waals surface area contributed by atoms with Gasteiger partial charge in [0.1, 0.15) is 17.7 Å². The van der Waals surface area contributed by atoms with E-state index in [1.165, 1.54) is 7.11 Å². The second-order valence-electron chi connectivity index (χ2n) is 14.5. The summed E-state index contributed by atoms with van der Waals surface area (Å²) < 4.78 is 4.76. The SMILES string of the molecule is COC(=O)N[C@H](C(=O)N1CCC[C@H]1c1nc2ccc(-c3cnc(-c4ccc5nc([C@@H]6CCCN6C(=O)[C@@H](N)C(C)C)[nH]c5c4)cn3)cc2[nH]1)C(C)C. The molecule has 4 atom stereocenters. The standard InChI is InChI=1S/C38H46N10O4/c1-20(2)32(39)36(49)47-14-6-8-30(47)34-42-24-12-10-22(16-26(24)44-34)28-18-41-29(19-40-28)23-11-13-25-27(17-23)45-35(43-25)31-9-7-15-48(31)37(50)33(21(3)4)46-38(51)52-5/h10-13,16-21,30-33H,6-9,14-15,39H2,1-5H3,(H,42,44)(H,43,45)(H,46,51)/t30-,31-,32-,33-/m0/s1. The Hall–Kier alpha value is -5.37. The number of fused-ring (bicyclic) bond motifs is 2. The van der Waals surface area contributed by atoms with Gasteiger partial charge in [-0.2, -0.15) is 0 Å². The van der Waals surface area contributed by atoms with Gasteiger partial charge in [-0.25, -0.2) is 14.8 Å². The van der Waals surface area contributed by atoms with Gasteiger partial charge in [0.05, 0.1) is 71.1 Å². The highest BCUT2D eigenvalue weighted by atomic mass is 16.5. The van der Waals surface area contributed by atoms with Gasteiger partial charge in [-0.3, -0.25) is 19.6 Å². The number of benzene rings is 2. The number of amides is 3. The Morgan fingerprint density at radius 3 is 1.73 bits per heavy atom. The molecule has 14 heteroatoms. The molecule has 2 aliphatic heterocycles. The maximum atomic E-state index is 13.6. The van der Waals surface area contributed by atoms with Crippen molar-refractivity contribution >= 4 is 40.0 Å². The number of nitrogens with one attached hydrogen (secondary N) is 3. The summed E-state index contributed by atoms with van der Waals surface area (Å²) in [4.78, 5) is 68.4. The molecular weight excluding hydrogens is 660 g/mol. The highest BCUT2D eigenvalue weighted by Crippen LogP contribution is 2.35. The molecule has 52 heavy (non-hydrogen) atoms. The van der Waals surface area contributed by atoms with Gasteiger partial charge in [0.25, 0.3) is 0 Å². The Morgan fingerprint density at radius 1 is 0.788 bits per heavy atom. The number of ether oxygens (including phenoxy) is 1. The third-order valence-corrected chi connectivity index (χ3v) is 10.3. The fraction of sp³-hybridized carbons (Fsp3) is 0.447. The van der Waals surface area contributed by atoms with Gasteiger partial charge < -0.3 is 35.6 Å². The predicted molar refractivity (Wildman–Crippen MR) is 197 cm³/mol. The maximum absolute atomic E-state index is 13.6. The topological polar surface area (TPSA) is 188 Å². The predicted octanol–water partition coefficient (Wildman–Crippen LogP) is 5.25.